The van der Waals surface area contributed by atoms with Crippen LogP contribution >= 0.6 is 0 Å². The lowest BCUT2D eigenvalue weighted by atomic mass is 10.1. The number of aromatic nitrogens is 2. The maximum atomic E-state index is 13.0. The molecule has 0 fully saturated rings. The number of aliphatic carboxylic acids is 1. The number of carboxylic acid groups (broad SMARTS) is 1. The van der Waals surface area contributed by atoms with Crippen molar-refractivity contribution in [2.45, 2.75) is 19.0 Å². The third-order valence-electron chi connectivity index (χ3n) is 4.36. The molecule has 28 heavy (non-hydrogen) atoms. The molecule has 9 heteroatoms. The van der Waals surface area contributed by atoms with Gasteiger partial charge in [-0.3, -0.25) is 9.36 Å². The summed E-state index contributed by atoms with van der Waals surface area (Å²) in [5, 5.41) is 9.02. The van der Waals surface area contributed by atoms with Crippen molar-refractivity contribution < 1.29 is 27.9 Å². The summed E-state index contributed by atoms with van der Waals surface area (Å²) < 4.78 is 40.7. The number of hydrogen-bond acceptors (Lipinski definition) is 4. The first kappa shape index (κ1) is 17.9. The molecule has 0 spiro atoms. The maximum Gasteiger partial charge on any atom is 0.416 e. The summed E-state index contributed by atoms with van der Waals surface area (Å²) in [6.45, 7) is 0. The number of carboxylic acids is 1. The Morgan fingerprint density at radius 1 is 1.18 bits per heavy atom. The van der Waals surface area contributed by atoms with Crippen LogP contribution in [0, 0.1) is 0 Å². The number of fused-ring (bicyclic) bond motifs is 3. The normalized spacial score (nSPS) is 12.5. The number of rotatable bonds is 4. The molecule has 4 rings (SSSR count). The molecule has 0 amide bonds. The lowest BCUT2D eigenvalue weighted by molar-refractivity contribution is -0.138. The van der Waals surface area contributed by atoms with Gasteiger partial charge in [0.05, 0.1) is 34.7 Å². The van der Waals surface area contributed by atoms with Crippen LogP contribution in [0.3, 0.4) is 0 Å². The second-order valence-electron chi connectivity index (χ2n) is 6.22. The fourth-order valence-corrected chi connectivity index (χ4v) is 3.12. The van der Waals surface area contributed by atoms with Gasteiger partial charge in [0.25, 0.3) is 0 Å². The number of imidazole rings is 1. The molecule has 1 aromatic heterocycles. The van der Waals surface area contributed by atoms with Gasteiger partial charge in [0.1, 0.15) is 0 Å². The molecular formula is C19H14F3N3O3. The zero-order valence-electron chi connectivity index (χ0n) is 14.3. The Hall–Kier alpha value is -3.49. The second kappa shape index (κ2) is 6.59. The van der Waals surface area contributed by atoms with Crippen molar-refractivity contribution in [1.82, 2.24) is 9.55 Å². The van der Waals surface area contributed by atoms with E-state index in [0.29, 0.717) is 17.1 Å². The third-order valence-corrected chi connectivity index (χ3v) is 4.36. The number of halogens is 3. The first-order valence-corrected chi connectivity index (χ1v) is 8.38. The summed E-state index contributed by atoms with van der Waals surface area (Å²) in [5.41, 5.74) is 4.07. The van der Waals surface area contributed by atoms with E-state index in [2.05, 4.69) is 10.5 Å². The molecule has 0 unspecified atom stereocenters. The summed E-state index contributed by atoms with van der Waals surface area (Å²) in [7, 11) is 0. The fourth-order valence-electron chi connectivity index (χ4n) is 3.12. The van der Waals surface area contributed by atoms with E-state index < -0.39 is 17.7 Å². The van der Waals surface area contributed by atoms with Crippen LogP contribution in [-0.4, -0.2) is 20.6 Å². The van der Waals surface area contributed by atoms with Crippen molar-refractivity contribution in [3.8, 4) is 23.0 Å². The molecule has 0 radical (unpaired) electrons. The molecule has 1 aliphatic rings. The molecule has 3 aromatic rings. The van der Waals surface area contributed by atoms with Crippen LogP contribution in [0.5, 0.6) is 6.01 Å². The molecular weight excluding hydrogens is 375 g/mol. The molecule has 6 nitrogen and oxygen atoms in total. The highest BCUT2D eigenvalue weighted by molar-refractivity contribution is 5.74. The van der Waals surface area contributed by atoms with Crippen LogP contribution in [-0.2, 0) is 17.4 Å². The van der Waals surface area contributed by atoms with Gasteiger partial charge >= 0.3 is 18.2 Å². The van der Waals surface area contributed by atoms with Gasteiger partial charge in [0.15, 0.2) is 0 Å². The Bertz CT molecular complexity index is 1050. The number of carbonyl (C=O) groups is 1. The zero-order chi connectivity index (χ0) is 19.9. The quantitative estimate of drug-likeness (QED) is 0.696. The lowest BCUT2D eigenvalue weighted by Gasteiger charge is -2.22. The Kier molecular flexibility index (Phi) is 4.21. The van der Waals surface area contributed by atoms with E-state index >= 15 is 0 Å². The summed E-state index contributed by atoms with van der Waals surface area (Å²) in [5.74, 6) is -0.973. The largest absolute Gasteiger partial charge is 0.481 e. The first-order chi connectivity index (χ1) is 13.3. The predicted octanol–water partition coefficient (Wildman–Crippen LogP) is 4.29. The van der Waals surface area contributed by atoms with E-state index in [-0.39, 0.29) is 24.5 Å². The minimum absolute atomic E-state index is 0.131. The molecule has 0 saturated carbocycles. The summed E-state index contributed by atoms with van der Waals surface area (Å²) in [6, 6.07) is 12.5. The highest BCUT2D eigenvalue weighted by atomic mass is 19.4. The van der Waals surface area contributed by atoms with Crippen molar-refractivity contribution in [1.29, 1.82) is 0 Å². The molecule has 0 aliphatic carbocycles. The van der Waals surface area contributed by atoms with Crippen LogP contribution in [0.1, 0.15) is 17.7 Å². The Morgan fingerprint density at radius 2 is 1.93 bits per heavy atom. The Balaban J connectivity index is 1.89. The van der Waals surface area contributed by atoms with Crippen LogP contribution in [0.4, 0.5) is 18.9 Å². The van der Waals surface area contributed by atoms with E-state index in [1.54, 1.807) is 4.57 Å². The molecule has 2 aromatic carbocycles. The number of nitrogens with one attached hydrogen (secondary N) is 1. The van der Waals surface area contributed by atoms with Crippen molar-refractivity contribution in [2.24, 2.45) is 0 Å². The molecule has 144 valence electrons. The highest BCUT2D eigenvalue weighted by Gasteiger charge is 2.33. The number of hydrogen-bond donors (Lipinski definition) is 2. The number of alkyl halides is 3. The average Bonchev–Trinajstić information content (AvgIpc) is 3.04. The number of aryl methyl sites for hydroxylation is 1. The van der Waals surface area contributed by atoms with E-state index in [9.17, 15) is 18.0 Å². The van der Waals surface area contributed by atoms with Crippen molar-refractivity contribution >= 4 is 11.7 Å². The Labute approximate surface area is 157 Å². The summed E-state index contributed by atoms with van der Waals surface area (Å²) in [6.07, 6.45) is -4.47. The maximum absolute atomic E-state index is 13.0. The van der Waals surface area contributed by atoms with Gasteiger partial charge in [-0.1, -0.05) is 30.3 Å². The van der Waals surface area contributed by atoms with E-state index in [1.165, 1.54) is 6.07 Å². The smallest absolute Gasteiger partial charge is 0.416 e. The van der Waals surface area contributed by atoms with Gasteiger partial charge < -0.3 is 9.94 Å². The number of benzene rings is 2. The van der Waals surface area contributed by atoms with Crippen molar-refractivity contribution in [3.63, 3.8) is 0 Å². The van der Waals surface area contributed by atoms with E-state index in [4.69, 9.17) is 9.94 Å². The summed E-state index contributed by atoms with van der Waals surface area (Å²) >= 11 is 0. The number of nitrogens with zero attached hydrogens (tertiary/aromatic N) is 2. The Morgan fingerprint density at radius 3 is 2.61 bits per heavy atom. The molecule has 2 heterocycles. The van der Waals surface area contributed by atoms with E-state index in [1.807, 2.05) is 30.3 Å². The highest BCUT2D eigenvalue weighted by Crippen LogP contribution is 2.40. The van der Waals surface area contributed by atoms with Gasteiger partial charge in [-0.15, -0.1) is 0 Å². The standard InChI is InChI=1S/C19H14F3N3O3/c20-19(21,22)12-6-8-15-14(10-12)24-28-18-23-13(7-9-16(26)27)17(25(15)18)11-4-2-1-3-5-11/h1-6,8,10,24H,7,9H2,(H,26,27). The van der Waals surface area contributed by atoms with E-state index in [0.717, 1.165) is 17.7 Å². The monoisotopic (exact) mass is 389 g/mol. The molecule has 0 bridgehead atoms. The van der Waals surface area contributed by atoms with Crippen LogP contribution < -0.4 is 10.3 Å². The second-order valence-corrected chi connectivity index (χ2v) is 6.22. The fraction of sp³-hybridized carbons (Fsp3) is 0.158. The molecule has 1 aliphatic heterocycles. The van der Waals surface area contributed by atoms with Crippen molar-refractivity contribution in [3.05, 3.63) is 59.8 Å². The average molecular weight is 389 g/mol. The molecule has 0 atom stereocenters. The van der Waals surface area contributed by atoms with Crippen LogP contribution in [0.15, 0.2) is 48.5 Å². The molecule has 0 saturated heterocycles. The van der Waals surface area contributed by atoms with Crippen molar-refractivity contribution in [2.75, 3.05) is 5.48 Å². The summed E-state index contributed by atoms with van der Waals surface area (Å²) in [4.78, 5) is 20.7. The lowest BCUT2D eigenvalue weighted by Crippen LogP contribution is -2.18. The third kappa shape index (κ3) is 3.15. The van der Waals surface area contributed by atoms with Gasteiger partial charge in [-0.2, -0.15) is 18.2 Å². The minimum Gasteiger partial charge on any atom is -0.481 e. The topological polar surface area (TPSA) is 76.4 Å². The predicted molar refractivity (Wildman–Crippen MR) is 94.2 cm³/mol. The zero-order valence-corrected chi connectivity index (χ0v) is 14.3. The van der Waals surface area contributed by atoms with Gasteiger partial charge in [-0.05, 0) is 18.2 Å². The van der Waals surface area contributed by atoms with Crippen LogP contribution in [0.25, 0.3) is 16.9 Å². The molecule has 2 N–H and O–H groups in total. The number of anilines is 1. The van der Waals surface area contributed by atoms with Gasteiger partial charge in [0.2, 0.25) is 0 Å². The van der Waals surface area contributed by atoms with Crippen LogP contribution in [0.2, 0.25) is 0 Å². The minimum atomic E-state index is -4.49. The first-order valence-electron chi connectivity index (χ1n) is 8.38. The SMILES string of the molecule is O=C(O)CCc1nc2n(c1-c1ccccc1)-c1ccc(C(F)(F)F)cc1NO2. The van der Waals surface area contributed by atoms with Gasteiger partial charge in [-0.25, -0.2) is 5.48 Å². The van der Waals surface area contributed by atoms with Gasteiger partial charge in [0, 0.05) is 12.0 Å².